The molecule has 2 aliphatic heterocycles. The van der Waals surface area contributed by atoms with Gasteiger partial charge in [0.15, 0.2) is 11.5 Å². The van der Waals surface area contributed by atoms with Crippen LogP contribution in [-0.2, 0) is 14.3 Å². The summed E-state index contributed by atoms with van der Waals surface area (Å²) < 4.78 is 21.3. The molecule has 2 atom stereocenters. The number of amides is 2. The number of nitrogens with one attached hydrogen (secondary N) is 1. The molecule has 8 nitrogen and oxygen atoms in total. The minimum absolute atomic E-state index is 0.0342. The van der Waals surface area contributed by atoms with Crippen LogP contribution < -0.4 is 24.4 Å². The predicted octanol–water partition coefficient (Wildman–Crippen LogP) is 3.06. The van der Waals surface area contributed by atoms with Gasteiger partial charge in [0, 0.05) is 38.4 Å². The molecule has 0 aromatic heterocycles. The van der Waals surface area contributed by atoms with E-state index in [0.29, 0.717) is 42.5 Å². The van der Waals surface area contributed by atoms with Crippen molar-refractivity contribution < 1.29 is 28.5 Å². The largest absolute Gasteiger partial charge is 0.497 e. The number of nitrogens with zero attached hydrogens (tertiary/aromatic N) is 1. The summed E-state index contributed by atoms with van der Waals surface area (Å²) in [6.45, 7) is 1.26. The maximum absolute atomic E-state index is 13.2. The minimum Gasteiger partial charge on any atom is -0.497 e. The van der Waals surface area contributed by atoms with Gasteiger partial charge in [-0.05, 0) is 42.7 Å². The highest BCUT2D eigenvalue weighted by Gasteiger charge is 2.41. The maximum Gasteiger partial charge on any atom is 0.231 e. The molecule has 4 rings (SSSR count). The Hall–Kier alpha value is -3.26. The molecule has 2 aromatic carbocycles. The van der Waals surface area contributed by atoms with Crippen molar-refractivity contribution in [3.05, 3.63) is 48.0 Å². The number of hydrogen-bond donors (Lipinski definition) is 1. The van der Waals surface area contributed by atoms with Gasteiger partial charge in [0.25, 0.3) is 0 Å². The molecule has 1 saturated heterocycles. The van der Waals surface area contributed by atoms with E-state index in [1.54, 1.807) is 31.3 Å². The molecular weight excluding hydrogens is 412 g/mol. The summed E-state index contributed by atoms with van der Waals surface area (Å²) in [6.07, 6.45) is 1.50. The summed E-state index contributed by atoms with van der Waals surface area (Å²) in [5.74, 6) is 1.45. The van der Waals surface area contributed by atoms with Gasteiger partial charge in [-0.3, -0.25) is 9.59 Å². The lowest BCUT2D eigenvalue weighted by molar-refractivity contribution is -0.129. The van der Waals surface area contributed by atoms with Crippen LogP contribution in [0, 0.1) is 5.92 Å². The van der Waals surface area contributed by atoms with E-state index in [9.17, 15) is 9.59 Å². The molecule has 0 unspecified atom stereocenters. The smallest absolute Gasteiger partial charge is 0.231 e. The monoisotopic (exact) mass is 440 g/mol. The average Bonchev–Trinajstić information content (AvgIpc) is 3.29. The second-order valence-electron chi connectivity index (χ2n) is 7.80. The van der Waals surface area contributed by atoms with Gasteiger partial charge in [0.05, 0.1) is 19.1 Å². The Kier molecular flexibility index (Phi) is 6.80. The molecular formula is C24H28N2O6. The van der Waals surface area contributed by atoms with Crippen LogP contribution in [0.5, 0.6) is 17.2 Å². The number of carbonyl (C=O) groups is 2. The van der Waals surface area contributed by atoms with Crippen LogP contribution in [0.15, 0.2) is 42.5 Å². The lowest BCUT2D eigenvalue weighted by Gasteiger charge is -2.41. The van der Waals surface area contributed by atoms with E-state index >= 15 is 0 Å². The van der Waals surface area contributed by atoms with Crippen LogP contribution >= 0.6 is 0 Å². The first-order chi connectivity index (χ1) is 15.6. The van der Waals surface area contributed by atoms with E-state index in [0.717, 1.165) is 12.0 Å². The highest BCUT2D eigenvalue weighted by molar-refractivity contribution is 5.97. The minimum atomic E-state index is -0.454. The Bertz CT molecular complexity index is 961. The SMILES string of the molecule is COCCCNC(=O)[C@@H]1CCC(=O)N(c2ccc3c(c2)OCO3)[C@@H]1c1ccc(OC)cc1. The number of anilines is 1. The van der Waals surface area contributed by atoms with Crippen LogP contribution in [0.3, 0.4) is 0 Å². The number of piperidine rings is 1. The summed E-state index contributed by atoms with van der Waals surface area (Å²) in [4.78, 5) is 28.0. The number of rotatable bonds is 8. The van der Waals surface area contributed by atoms with Gasteiger partial charge in [-0.2, -0.15) is 0 Å². The molecule has 2 aromatic rings. The standard InChI is InChI=1S/C24H28N2O6/c1-29-13-3-12-25-24(28)19-9-11-22(27)26(17-6-10-20-21(14-17)32-15-31-20)23(19)16-4-7-18(30-2)8-5-16/h4-8,10,14,19,23H,3,9,11-13,15H2,1-2H3,(H,25,28)/t19-,23-/m1/s1. The zero-order chi connectivity index (χ0) is 22.5. The van der Waals surface area contributed by atoms with E-state index in [-0.39, 0.29) is 25.0 Å². The van der Waals surface area contributed by atoms with Crippen LogP contribution in [0.25, 0.3) is 0 Å². The zero-order valence-electron chi connectivity index (χ0n) is 18.3. The lowest BCUT2D eigenvalue weighted by Crippen LogP contribution is -2.48. The first kappa shape index (κ1) is 22.0. The Morgan fingerprint density at radius 2 is 1.91 bits per heavy atom. The van der Waals surface area contributed by atoms with Crippen LogP contribution in [0.1, 0.15) is 30.9 Å². The molecule has 0 bridgehead atoms. The first-order valence-electron chi connectivity index (χ1n) is 10.7. The van der Waals surface area contributed by atoms with E-state index in [2.05, 4.69) is 5.32 Å². The Morgan fingerprint density at radius 3 is 2.66 bits per heavy atom. The molecule has 2 amide bonds. The second kappa shape index (κ2) is 9.91. The van der Waals surface area contributed by atoms with Crippen molar-refractivity contribution in [1.29, 1.82) is 0 Å². The predicted molar refractivity (Wildman–Crippen MR) is 118 cm³/mol. The fourth-order valence-corrected chi connectivity index (χ4v) is 4.25. The molecule has 0 radical (unpaired) electrons. The van der Waals surface area contributed by atoms with Gasteiger partial charge in [-0.15, -0.1) is 0 Å². The molecule has 8 heteroatoms. The topological polar surface area (TPSA) is 86.3 Å². The van der Waals surface area contributed by atoms with Crippen molar-refractivity contribution >= 4 is 17.5 Å². The van der Waals surface area contributed by atoms with Crippen molar-refractivity contribution in [2.45, 2.75) is 25.3 Å². The molecule has 1 fully saturated rings. The van der Waals surface area contributed by atoms with Crippen molar-refractivity contribution in [2.75, 3.05) is 39.1 Å². The van der Waals surface area contributed by atoms with Gasteiger partial charge in [0.2, 0.25) is 18.6 Å². The summed E-state index contributed by atoms with van der Waals surface area (Å²) in [5, 5.41) is 3.01. The number of benzene rings is 2. The lowest BCUT2D eigenvalue weighted by atomic mass is 9.83. The maximum atomic E-state index is 13.2. The molecule has 0 spiro atoms. The van der Waals surface area contributed by atoms with Gasteiger partial charge >= 0.3 is 0 Å². The molecule has 0 aliphatic carbocycles. The van der Waals surface area contributed by atoms with Crippen LogP contribution in [0.4, 0.5) is 5.69 Å². The highest BCUT2D eigenvalue weighted by Crippen LogP contribution is 2.43. The van der Waals surface area contributed by atoms with E-state index in [1.165, 1.54) is 0 Å². The van der Waals surface area contributed by atoms with Crippen molar-refractivity contribution in [2.24, 2.45) is 5.92 Å². The molecule has 2 heterocycles. The third-order valence-electron chi connectivity index (χ3n) is 5.85. The van der Waals surface area contributed by atoms with Gasteiger partial charge < -0.3 is 29.2 Å². The molecule has 170 valence electrons. The number of hydrogen-bond acceptors (Lipinski definition) is 6. The normalized spacial score (nSPS) is 19.7. The summed E-state index contributed by atoms with van der Waals surface area (Å²) in [7, 11) is 3.24. The average molecular weight is 440 g/mol. The Morgan fingerprint density at radius 1 is 1.12 bits per heavy atom. The van der Waals surface area contributed by atoms with Gasteiger partial charge in [0.1, 0.15) is 5.75 Å². The summed E-state index contributed by atoms with van der Waals surface area (Å²) in [6, 6.07) is 12.5. The van der Waals surface area contributed by atoms with Crippen molar-refractivity contribution in [3.63, 3.8) is 0 Å². The molecule has 2 aliphatic rings. The number of methoxy groups -OCH3 is 2. The zero-order valence-corrected chi connectivity index (χ0v) is 18.3. The van der Waals surface area contributed by atoms with E-state index < -0.39 is 12.0 Å². The first-order valence-corrected chi connectivity index (χ1v) is 10.7. The van der Waals surface area contributed by atoms with E-state index in [4.69, 9.17) is 18.9 Å². The Balaban J connectivity index is 1.68. The number of fused-ring (bicyclic) bond motifs is 1. The summed E-state index contributed by atoms with van der Waals surface area (Å²) >= 11 is 0. The highest BCUT2D eigenvalue weighted by atomic mass is 16.7. The van der Waals surface area contributed by atoms with Gasteiger partial charge in [-0.1, -0.05) is 12.1 Å². The van der Waals surface area contributed by atoms with Gasteiger partial charge in [-0.25, -0.2) is 0 Å². The molecule has 1 N–H and O–H groups in total. The fraction of sp³-hybridized carbons (Fsp3) is 0.417. The van der Waals surface area contributed by atoms with Crippen molar-refractivity contribution in [3.8, 4) is 17.2 Å². The second-order valence-corrected chi connectivity index (χ2v) is 7.80. The quantitative estimate of drug-likeness (QED) is 0.635. The Labute approximate surface area is 187 Å². The van der Waals surface area contributed by atoms with Crippen molar-refractivity contribution in [1.82, 2.24) is 5.32 Å². The third kappa shape index (κ3) is 4.50. The molecule has 0 saturated carbocycles. The summed E-state index contributed by atoms with van der Waals surface area (Å²) in [5.41, 5.74) is 1.55. The van der Waals surface area contributed by atoms with E-state index in [1.807, 2.05) is 30.3 Å². The molecule has 32 heavy (non-hydrogen) atoms. The number of ether oxygens (including phenoxy) is 4. The number of carbonyl (C=O) groups excluding carboxylic acids is 2. The third-order valence-corrected chi connectivity index (χ3v) is 5.85. The van der Waals surface area contributed by atoms with Crippen LogP contribution in [-0.4, -0.2) is 46.0 Å². The fourth-order valence-electron chi connectivity index (χ4n) is 4.25. The van der Waals surface area contributed by atoms with Crippen LogP contribution in [0.2, 0.25) is 0 Å².